The van der Waals surface area contributed by atoms with Crippen LogP contribution in [0.5, 0.6) is 0 Å². The van der Waals surface area contributed by atoms with Gasteiger partial charge < -0.3 is 15.1 Å². The van der Waals surface area contributed by atoms with E-state index in [0.29, 0.717) is 6.54 Å². The molecule has 1 aliphatic heterocycles. The number of β-amino-alcohol motifs (C(OH)–C–C–N with tert-alkyl or cyclic N) is 1. The van der Waals surface area contributed by atoms with Gasteiger partial charge in [-0.15, -0.1) is 0 Å². The van der Waals surface area contributed by atoms with Crippen molar-refractivity contribution in [2.24, 2.45) is 5.92 Å². The van der Waals surface area contributed by atoms with Crippen LogP contribution in [0.3, 0.4) is 0 Å². The number of rotatable bonds is 1. The minimum atomic E-state index is -0.330. The topological polar surface area (TPSA) is 43.7 Å². The summed E-state index contributed by atoms with van der Waals surface area (Å²) in [6.07, 6.45) is 0.581. The molecule has 3 heteroatoms. The molecular weight excluding hydrogens is 130 g/mol. The van der Waals surface area contributed by atoms with Crippen molar-refractivity contribution in [3.05, 3.63) is 0 Å². The minimum absolute atomic E-state index is 0.108. The molecule has 0 saturated carbocycles. The molecule has 2 atom stereocenters. The maximum atomic E-state index is 9.34. The number of nitrogens with zero attached hydrogens (tertiary/aromatic N) is 1. The summed E-state index contributed by atoms with van der Waals surface area (Å²) in [6.45, 7) is 1.81. The molecule has 1 fully saturated rings. The van der Waals surface area contributed by atoms with Gasteiger partial charge in [-0.25, -0.2) is 0 Å². The molecule has 0 radical (unpaired) electrons. The predicted octanol–water partition coefficient (Wildman–Crippen LogP) is -0.709. The second-order valence-corrected chi connectivity index (χ2v) is 3.06. The number of likely N-dealkylation sites (N-methyl/N-ethyl adjacent to an activating group) is 1. The average molecular weight is 145 g/mol. The average Bonchev–Trinajstić information content (AvgIpc) is 1.88. The maximum absolute atomic E-state index is 9.34. The Morgan fingerprint density at radius 2 is 2.30 bits per heavy atom. The fourth-order valence-corrected chi connectivity index (χ4v) is 1.35. The molecule has 0 spiro atoms. The zero-order valence-electron chi connectivity index (χ0n) is 6.32. The lowest BCUT2D eigenvalue weighted by atomic mass is 9.95. The van der Waals surface area contributed by atoms with Gasteiger partial charge in [0.15, 0.2) is 0 Å². The first-order valence-electron chi connectivity index (χ1n) is 3.71. The van der Waals surface area contributed by atoms with Crippen molar-refractivity contribution in [3.63, 3.8) is 0 Å². The van der Waals surface area contributed by atoms with Crippen LogP contribution < -0.4 is 0 Å². The first-order chi connectivity index (χ1) is 4.74. The molecule has 0 amide bonds. The van der Waals surface area contributed by atoms with Crippen molar-refractivity contribution >= 4 is 0 Å². The third-order valence-corrected chi connectivity index (χ3v) is 2.16. The van der Waals surface area contributed by atoms with Gasteiger partial charge in [0.1, 0.15) is 0 Å². The van der Waals surface area contributed by atoms with Gasteiger partial charge >= 0.3 is 0 Å². The predicted molar refractivity (Wildman–Crippen MR) is 38.7 cm³/mol. The molecular formula is C7H15NO2. The Hall–Kier alpha value is -0.120. The van der Waals surface area contributed by atoms with Crippen LogP contribution in [0.1, 0.15) is 6.42 Å². The zero-order chi connectivity index (χ0) is 7.56. The van der Waals surface area contributed by atoms with Crippen molar-refractivity contribution in [2.75, 3.05) is 26.7 Å². The smallest absolute Gasteiger partial charge is 0.0717 e. The van der Waals surface area contributed by atoms with Crippen molar-refractivity contribution in [3.8, 4) is 0 Å². The molecule has 10 heavy (non-hydrogen) atoms. The fourth-order valence-electron chi connectivity index (χ4n) is 1.35. The molecule has 1 heterocycles. The Bertz CT molecular complexity index is 108. The van der Waals surface area contributed by atoms with Gasteiger partial charge in [-0.2, -0.15) is 0 Å². The molecule has 0 aliphatic carbocycles. The van der Waals surface area contributed by atoms with Gasteiger partial charge in [0, 0.05) is 19.1 Å². The molecule has 0 unspecified atom stereocenters. The standard InChI is InChI=1S/C7H15NO2/c1-8-3-2-6(5-9)7(10)4-8/h6-7,9-10H,2-5H2,1H3/t6-,7+/m0/s1. The van der Waals surface area contributed by atoms with Crippen molar-refractivity contribution < 1.29 is 10.2 Å². The van der Waals surface area contributed by atoms with Gasteiger partial charge in [0.2, 0.25) is 0 Å². The highest BCUT2D eigenvalue weighted by Gasteiger charge is 2.24. The van der Waals surface area contributed by atoms with Crippen molar-refractivity contribution in [1.29, 1.82) is 0 Å². The first kappa shape index (κ1) is 7.98. The molecule has 0 aromatic carbocycles. The summed E-state index contributed by atoms with van der Waals surface area (Å²) in [5, 5.41) is 18.1. The molecule has 2 N–H and O–H groups in total. The van der Waals surface area contributed by atoms with Gasteiger partial charge in [0.05, 0.1) is 6.10 Å². The van der Waals surface area contributed by atoms with Crippen molar-refractivity contribution in [2.45, 2.75) is 12.5 Å². The van der Waals surface area contributed by atoms with Gasteiger partial charge in [-0.3, -0.25) is 0 Å². The lowest BCUT2D eigenvalue weighted by Gasteiger charge is -2.32. The molecule has 1 aliphatic rings. The summed E-state index contributed by atoms with van der Waals surface area (Å²) in [5.41, 5.74) is 0. The van der Waals surface area contributed by atoms with E-state index in [9.17, 15) is 5.11 Å². The minimum Gasteiger partial charge on any atom is -0.396 e. The van der Waals surface area contributed by atoms with E-state index < -0.39 is 0 Å². The number of hydrogen-bond donors (Lipinski definition) is 2. The molecule has 60 valence electrons. The molecule has 1 saturated heterocycles. The number of hydrogen-bond acceptors (Lipinski definition) is 3. The van der Waals surface area contributed by atoms with Gasteiger partial charge in [0.25, 0.3) is 0 Å². The highest BCUT2D eigenvalue weighted by molar-refractivity contribution is 4.77. The Balaban J connectivity index is 2.36. The highest BCUT2D eigenvalue weighted by atomic mass is 16.3. The van der Waals surface area contributed by atoms with Crippen LogP contribution in [0.25, 0.3) is 0 Å². The van der Waals surface area contributed by atoms with Crippen molar-refractivity contribution in [1.82, 2.24) is 4.90 Å². The van der Waals surface area contributed by atoms with Crippen LogP contribution in [0.4, 0.5) is 0 Å². The summed E-state index contributed by atoms with van der Waals surface area (Å²) < 4.78 is 0. The summed E-state index contributed by atoms with van der Waals surface area (Å²) in [6, 6.07) is 0. The summed E-state index contributed by atoms with van der Waals surface area (Å²) in [4.78, 5) is 2.08. The largest absolute Gasteiger partial charge is 0.396 e. The van der Waals surface area contributed by atoms with E-state index in [-0.39, 0.29) is 18.6 Å². The molecule has 0 bridgehead atoms. The first-order valence-corrected chi connectivity index (χ1v) is 3.71. The second-order valence-electron chi connectivity index (χ2n) is 3.06. The number of piperidine rings is 1. The summed E-state index contributed by atoms with van der Waals surface area (Å²) in [5.74, 6) is 0.108. The van der Waals surface area contributed by atoms with E-state index in [1.165, 1.54) is 0 Å². The van der Waals surface area contributed by atoms with Crippen LogP contribution in [-0.2, 0) is 0 Å². The van der Waals surface area contributed by atoms with E-state index in [1.54, 1.807) is 0 Å². The van der Waals surface area contributed by atoms with E-state index in [1.807, 2.05) is 7.05 Å². The Morgan fingerprint density at radius 3 is 2.80 bits per heavy atom. The highest BCUT2D eigenvalue weighted by Crippen LogP contribution is 2.15. The van der Waals surface area contributed by atoms with E-state index >= 15 is 0 Å². The third-order valence-electron chi connectivity index (χ3n) is 2.16. The van der Waals surface area contributed by atoms with Gasteiger partial charge in [-0.05, 0) is 20.0 Å². The normalized spacial score (nSPS) is 36.3. The van der Waals surface area contributed by atoms with Crippen LogP contribution in [0.2, 0.25) is 0 Å². The zero-order valence-corrected chi connectivity index (χ0v) is 6.32. The molecule has 0 aromatic rings. The number of likely N-dealkylation sites (tertiary alicyclic amines) is 1. The Kier molecular flexibility index (Phi) is 2.65. The number of aliphatic hydroxyl groups is 2. The quantitative estimate of drug-likeness (QED) is 0.512. The molecule has 3 nitrogen and oxygen atoms in total. The number of aliphatic hydroxyl groups excluding tert-OH is 2. The molecule has 1 rings (SSSR count). The monoisotopic (exact) mass is 145 g/mol. The van der Waals surface area contributed by atoms with Crippen LogP contribution in [0, 0.1) is 5.92 Å². The van der Waals surface area contributed by atoms with Crippen LogP contribution in [0.15, 0.2) is 0 Å². The fraction of sp³-hybridized carbons (Fsp3) is 1.00. The molecule has 0 aromatic heterocycles. The summed E-state index contributed by atoms with van der Waals surface area (Å²) >= 11 is 0. The summed E-state index contributed by atoms with van der Waals surface area (Å²) in [7, 11) is 1.98. The van der Waals surface area contributed by atoms with E-state index in [4.69, 9.17) is 5.11 Å². The third kappa shape index (κ3) is 1.68. The van der Waals surface area contributed by atoms with E-state index in [2.05, 4.69) is 4.90 Å². The lowest BCUT2D eigenvalue weighted by molar-refractivity contribution is 0.00664. The maximum Gasteiger partial charge on any atom is 0.0717 e. The lowest BCUT2D eigenvalue weighted by Crippen LogP contribution is -2.42. The van der Waals surface area contributed by atoms with Crippen LogP contribution >= 0.6 is 0 Å². The van der Waals surface area contributed by atoms with Crippen LogP contribution in [-0.4, -0.2) is 48.0 Å². The Morgan fingerprint density at radius 1 is 1.60 bits per heavy atom. The second kappa shape index (κ2) is 3.32. The van der Waals surface area contributed by atoms with E-state index in [0.717, 1.165) is 13.0 Å². The SMILES string of the molecule is CN1CC[C@@H](CO)[C@H](O)C1. The van der Waals surface area contributed by atoms with Gasteiger partial charge in [-0.1, -0.05) is 0 Å². The Labute approximate surface area is 61.3 Å².